The van der Waals surface area contributed by atoms with Crippen molar-refractivity contribution in [3.8, 4) is 0 Å². The van der Waals surface area contributed by atoms with Gasteiger partial charge < -0.3 is 4.74 Å². The van der Waals surface area contributed by atoms with Gasteiger partial charge in [0, 0.05) is 12.5 Å². The highest BCUT2D eigenvalue weighted by Crippen LogP contribution is 2.07. The van der Waals surface area contributed by atoms with Crippen LogP contribution in [0.3, 0.4) is 0 Å². The van der Waals surface area contributed by atoms with Gasteiger partial charge in [0.05, 0.1) is 6.61 Å². The fourth-order valence-electron chi connectivity index (χ4n) is 0.801. The number of hydrogen-bond donors (Lipinski definition) is 0. The van der Waals surface area contributed by atoms with E-state index in [1.807, 2.05) is 0 Å². The van der Waals surface area contributed by atoms with Crippen molar-refractivity contribution in [3.05, 3.63) is 36.6 Å². The van der Waals surface area contributed by atoms with E-state index in [9.17, 15) is 4.79 Å². The minimum Gasteiger partial charge on any atom is -0.493 e. The first-order valence-corrected chi connectivity index (χ1v) is 3.49. The summed E-state index contributed by atoms with van der Waals surface area (Å²) in [4.78, 5) is 10.8. The van der Waals surface area contributed by atoms with Crippen LogP contribution in [-0.4, -0.2) is 12.4 Å². The zero-order valence-corrected chi connectivity index (χ0v) is 6.25. The van der Waals surface area contributed by atoms with E-state index >= 15 is 0 Å². The molecule has 2 heteroatoms. The molecule has 0 aromatic rings. The van der Waals surface area contributed by atoms with E-state index < -0.39 is 0 Å². The minimum absolute atomic E-state index is 0.125. The number of carbonyl (C=O) groups is 1. The lowest BCUT2D eigenvalue weighted by Gasteiger charge is -2.09. The highest BCUT2D eigenvalue weighted by Gasteiger charge is 2.07. The van der Waals surface area contributed by atoms with Gasteiger partial charge in [0.2, 0.25) is 0 Å². The van der Waals surface area contributed by atoms with Gasteiger partial charge in [0.1, 0.15) is 5.76 Å². The second-order valence-electron chi connectivity index (χ2n) is 2.21. The third-order valence-electron chi connectivity index (χ3n) is 1.32. The molecule has 0 N–H and O–H groups in total. The van der Waals surface area contributed by atoms with Crippen LogP contribution in [0.4, 0.5) is 0 Å². The molecule has 58 valence electrons. The van der Waals surface area contributed by atoms with Gasteiger partial charge in [0.25, 0.3) is 0 Å². The van der Waals surface area contributed by atoms with Crippen molar-refractivity contribution in [3.63, 3.8) is 0 Å². The summed E-state index contributed by atoms with van der Waals surface area (Å²) >= 11 is 0. The van der Waals surface area contributed by atoms with Gasteiger partial charge in [-0.25, -0.2) is 0 Å². The van der Waals surface area contributed by atoms with E-state index in [0.29, 0.717) is 18.8 Å². The number of hydrogen-bond acceptors (Lipinski definition) is 2. The number of ether oxygens (including phenoxy) is 1. The molecule has 0 unspecified atom stereocenters. The second-order valence-corrected chi connectivity index (χ2v) is 2.21. The molecule has 0 bridgehead atoms. The monoisotopic (exact) mass is 150 g/mol. The van der Waals surface area contributed by atoms with Crippen LogP contribution in [0, 0.1) is 0 Å². The SMILES string of the molecule is C=CC=CC1=CC(=O)CCO1. The molecule has 0 saturated carbocycles. The van der Waals surface area contributed by atoms with Gasteiger partial charge in [-0.05, 0) is 6.08 Å². The van der Waals surface area contributed by atoms with E-state index in [2.05, 4.69) is 6.58 Å². The summed E-state index contributed by atoms with van der Waals surface area (Å²) < 4.78 is 5.16. The molecule has 11 heavy (non-hydrogen) atoms. The maximum absolute atomic E-state index is 10.8. The third-order valence-corrected chi connectivity index (χ3v) is 1.32. The van der Waals surface area contributed by atoms with Crippen LogP contribution >= 0.6 is 0 Å². The lowest BCUT2D eigenvalue weighted by atomic mass is 10.2. The zero-order valence-electron chi connectivity index (χ0n) is 6.25. The fourth-order valence-corrected chi connectivity index (χ4v) is 0.801. The molecule has 0 radical (unpaired) electrons. The van der Waals surface area contributed by atoms with Crippen molar-refractivity contribution < 1.29 is 9.53 Å². The Morgan fingerprint density at radius 1 is 1.64 bits per heavy atom. The normalized spacial score (nSPS) is 17.8. The summed E-state index contributed by atoms with van der Waals surface area (Å²) in [6.45, 7) is 4.00. The molecular weight excluding hydrogens is 140 g/mol. The summed E-state index contributed by atoms with van der Waals surface area (Å²) in [5.74, 6) is 0.751. The van der Waals surface area contributed by atoms with E-state index in [1.165, 1.54) is 6.08 Å². The fraction of sp³-hybridized carbons (Fsp3) is 0.222. The Kier molecular flexibility index (Phi) is 2.66. The molecule has 0 amide bonds. The number of allylic oxidation sites excluding steroid dienone is 4. The molecule has 1 aliphatic rings. The van der Waals surface area contributed by atoms with Gasteiger partial charge in [-0.2, -0.15) is 0 Å². The van der Waals surface area contributed by atoms with E-state index in [4.69, 9.17) is 4.74 Å². The average Bonchev–Trinajstić information content (AvgIpc) is 2.01. The van der Waals surface area contributed by atoms with Crippen molar-refractivity contribution in [1.82, 2.24) is 0 Å². The molecule has 0 aliphatic carbocycles. The minimum atomic E-state index is 0.125. The van der Waals surface area contributed by atoms with Crippen molar-refractivity contribution >= 4 is 5.78 Å². The molecule has 0 atom stereocenters. The summed E-state index contributed by atoms with van der Waals surface area (Å²) in [5.41, 5.74) is 0. The molecular formula is C9H10O2. The predicted octanol–water partition coefficient (Wildman–Crippen LogP) is 1.60. The van der Waals surface area contributed by atoms with Crippen molar-refractivity contribution in [2.45, 2.75) is 6.42 Å². The number of ketones is 1. The Morgan fingerprint density at radius 3 is 3.09 bits per heavy atom. The molecule has 0 aromatic heterocycles. The summed E-state index contributed by atoms with van der Waals surface area (Å²) in [6.07, 6.45) is 7.10. The van der Waals surface area contributed by atoms with Crippen molar-refractivity contribution in [2.24, 2.45) is 0 Å². The van der Waals surface area contributed by atoms with Crippen LogP contribution in [0.2, 0.25) is 0 Å². The highest BCUT2D eigenvalue weighted by molar-refractivity contribution is 5.91. The Hall–Kier alpha value is -1.31. The molecule has 1 rings (SSSR count). The van der Waals surface area contributed by atoms with Crippen LogP contribution in [0.25, 0.3) is 0 Å². The van der Waals surface area contributed by atoms with E-state index in [-0.39, 0.29) is 5.78 Å². The van der Waals surface area contributed by atoms with Gasteiger partial charge in [-0.1, -0.05) is 18.7 Å². The Bertz CT molecular complexity index is 224. The Balaban J connectivity index is 2.63. The predicted molar refractivity (Wildman–Crippen MR) is 43.0 cm³/mol. The smallest absolute Gasteiger partial charge is 0.162 e. The molecule has 0 spiro atoms. The molecule has 1 aliphatic heterocycles. The summed E-state index contributed by atoms with van der Waals surface area (Å²) in [6, 6.07) is 0. The number of rotatable bonds is 2. The molecule has 2 nitrogen and oxygen atoms in total. The van der Waals surface area contributed by atoms with Gasteiger partial charge in [0.15, 0.2) is 5.78 Å². The van der Waals surface area contributed by atoms with Gasteiger partial charge in [-0.3, -0.25) is 4.79 Å². The standard InChI is InChI=1S/C9H10O2/c1-2-3-4-9-7-8(10)5-6-11-9/h2-4,7H,1,5-6H2. The first kappa shape index (κ1) is 7.79. The molecule has 0 aromatic carbocycles. The molecule has 1 heterocycles. The zero-order chi connectivity index (χ0) is 8.10. The summed E-state index contributed by atoms with van der Waals surface area (Å²) in [7, 11) is 0. The Labute approximate surface area is 65.9 Å². The first-order valence-electron chi connectivity index (χ1n) is 3.49. The highest BCUT2D eigenvalue weighted by atomic mass is 16.5. The molecule has 0 fully saturated rings. The lowest BCUT2D eigenvalue weighted by molar-refractivity contribution is -0.116. The van der Waals surface area contributed by atoms with Crippen LogP contribution < -0.4 is 0 Å². The summed E-state index contributed by atoms with van der Waals surface area (Å²) in [5, 5.41) is 0. The number of carbonyl (C=O) groups excluding carboxylic acids is 1. The average molecular weight is 150 g/mol. The topological polar surface area (TPSA) is 26.3 Å². The molecule has 0 saturated heterocycles. The maximum Gasteiger partial charge on any atom is 0.162 e. The Morgan fingerprint density at radius 2 is 2.45 bits per heavy atom. The van der Waals surface area contributed by atoms with Crippen molar-refractivity contribution in [1.29, 1.82) is 0 Å². The van der Waals surface area contributed by atoms with Gasteiger partial charge >= 0.3 is 0 Å². The quantitative estimate of drug-likeness (QED) is 0.559. The van der Waals surface area contributed by atoms with Crippen LogP contribution in [0.5, 0.6) is 0 Å². The lowest BCUT2D eigenvalue weighted by Crippen LogP contribution is -2.08. The maximum atomic E-state index is 10.8. The second kappa shape index (κ2) is 3.76. The van der Waals surface area contributed by atoms with E-state index in [0.717, 1.165) is 0 Å². The first-order chi connectivity index (χ1) is 5.33. The third kappa shape index (κ3) is 2.42. The van der Waals surface area contributed by atoms with Gasteiger partial charge in [-0.15, -0.1) is 0 Å². The largest absolute Gasteiger partial charge is 0.493 e. The van der Waals surface area contributed by atoms with Crippen LogP contribution in [0.1, 0.15) is 6.42 Å². The van der Waals surface area contributed by atoms with Crippen LogP contribution in [0.15, 0.2) is 36.6 Å². The van der Waals surface area contributed by atoms with Crippen LogP contribution in [-0.2, 0) is 9.53 Å². The van der Waals surface area contributed by atoms with Crippen molar-refractivity contribution in [2.75, 3.05) is 6.61 Å². The van der Waals surface area contributed by atoms with E-state index in [1.54, 1.807) is 18.2 Å².